The van der Waals surface area contributed by atoms with E-state index < -0.39 is 18.6 Å². The van der Waals surface area contributed by atoms with Crippen molar-refractivity contribution in [2.75, 3.05) is 0 Å². The molecule has 116 valence electrons. The van der Waals surface area contributed by atoms with Crippen LogP contribution < -0.4 is 5.32 Å². The molecule has 20 heavy (non-hydrogen) atoms. The largest absolute Gasteiger partial charge is 0.390 e. The van der Waals surface area contributed by atoms with Crippen molar-refractivity contribution in [2.24, 2.45) is 0 Å². The van der Waals surface area contributed by atoms with Crippen LogP contribution in [0.1, 0.15) is 58.3 Å². The highest BCUT2D eigenvalue weighted by Crippen LogP contribution is 2.25. The summed E-state index contributed by atoms with van der Waals surface area (Å²) < 4.78 is 38.9. The third kappa shape index (κ3) is 4.81. The van der Waals surface area contributed by atoms with Gasteiger partial charge in [0.1, 0.15) is 0 Å². The molecule has 0 unspecified atom stereocenters. The van der Waals surface area contributed by atoms with Gasteiger partial charge in [0.2, 0.25) is 0 Å². The number of aryl methyl sites for hydroxylation is 1. The topological polar surface area (TPSA) is 29.9 Å². The number of rotatable bonds is 4. The van der Waals surface area contributed by atoms with Crippen LogP contribution in [0.15, 0.2) is 6.20 Å². The van der Waals surface area contributed by atoms with Gasteiger partial charge in [-0.25, -0.2) is 0 Å². The van der Waals surface area contributed by atoms with Crippen molar-refractivity contribution in [3.05, 3.63) is 17.5 Å². The van der Waals surface area contributed by atoms with Gasteiger partial charge in [-0.1, -0.05) is 0 Å². The van der Waals surface area contributed by atoms with Crippen molar-refractivity contribution >= 4 is 0 Å². The molecule has 1 heterocycles. The molecule has 1 N–H and O–H groups in total. The summed E-state index contributed by atoms with van der Waals surface area (Å²) in [6.45, 7) is 11.4. The van der Waals surface area contributed by atoms with Crippen molar-refractivity contribution in [1.82, 2.24) is 15.1 Å². The fourth-order valence-electron chi connectivity index (χ4n) is 2.16. The van der Waals surface area contributed by atoms with Crippen LogP contribution >= 0.6 is 0 Å². The maximum absolute atomic E-state index is 12.3. The molecule has 0 spiro atoms. The summed E-state index contributed by atoms with van der Waals surface area (Å²) >= 11 is 0. The summed E-state index contributed by atoms with van der Waals surface area (Å²) in [6.07, 6.45) is -3.06. The van der Waals surface area contributed by atoms with Crippen LogP contribution in [0.4, 0.5) is 13.2 Å². The Hall–Kier alpha value is -1.04. The van der Waals surface area contributed by atoms with Gasteiger partial charge in [-0.2, -0.15) is 18.3 Å². The Kier molecular flexibility index (Phi) is 4.90. The quantitative estimate of drug-likeness (QED) is 0.910. The molecule has 0 radical (unpaired) electrons. The minimum atomic E-state index is -4.14. The fraction of sp³-hybridized carbons (Fsp3) is 0.786. The first-order chi connectivity index (χ1) is 8.90. The van der Waals surface area contributed by atoms with Crippen molar-refractivity contribution in [3.63, 3.8) is 0 Å². The van der Waals surface area contributed by atoms with E-state index in [1.807, 2.05) is 45.5 Å². The summed E-state index contributed by atoms with van der Waals surface area (Å²) in [5.74, 6) is 0. The Labute approximate surface area is 118 Å². The van der Waals surface area contributed by atoms with E-state index in [1.54, 1.807) is 6.92 Å². The maximum Gasteiger partial charge on any atom is 0.390 e. The lowest BCUT2D eigenvalue weighted by Crippen LogP contribution is -2.33. The molecule has 2 atom stereocenters. The van der Waals surface area contributed by atoms with Crippen molar-refractivity contribution in [2.45, 2.75) is 71.8 Å². The fourth-order valence-corrected chi connectivity index (χ4v) is 2.16. The monoisotopic (exact) mass is 291 g/mol. The van der Waals surface area contributed by atoms with E-state index in [0.29, 0.717) is 0 Å². The van der Waals surface area contributed by atoms with Crippen LogP contribution in [0.5, 0.6) is 0 Å². The third-order valence-corrected chi connectivity index (χ3v) is 3.16. The third-order valence-electron chi connectivity index (χ3n) is 3.16. The maximum atomic E-state index is 12.3. The Morgan fingerprint density at radius 1 is 1.25 bits per heavy atom. The normalized spacial score (nSPS) is 16.2. The number of nitrogens with one attached hydrogen (secondary N) is 1. The van der Waals surface area contributed by atoms with Gasteiger partial charge in [0, 0.05) is 23.8 Å². The number of nitrogens with zero attached hydrogens (tertiary/aromatic N) is 2. The van der Waals surface area contributed by atoms with E-state index in [-0.39, 0.29) is 11.6 Å². The standard InChI is InChI=1S/C14H24F3N3/c1-9(7-14(15,16)17)18-10(2)12-8-20(13(4,5)6)19-11(12)3/h8-10,18H,7H2,1-6H3/t9-,10-/m0/s1. The second kappa shape index (κ2) is 5.76. The molecule has 0 bridgehead atoms. The van der Waals surface area contributed by atoms with Gasteiger partial charge in [-0.05, 0) is 41.5 Å². The van der Waals surface area contributed by atoms with E-state index in [0.717, 1.165) is 11.3 Å². The zero-order valence-electron chi connectivity index (χ0n) is 13.0. The summed E-state index contributed by atoms with van der Waals surface area (Å²) in [4.78, 5) is 0. The predicted octanol–water partition coefficient (Wildman–Crippen LogP) is 3.94. The lowest BCUT2D eigenvalue weighted by molar-refractivity contribution is -0.139. The number of hydrogen-bond acceptors (Lipinski definition) is 2. The summed E-state index contributed by atoms with van der Waals surface area (Å²) in [5, 5.41) is 7.42. The molecule has 1 rings (SSSR count). The average Bonchev–Trinajstić information content (AvgIpc) is 2.56. The van der Waals surface area contributed by atoms with Crippen molar-refractivity contribution in [3.8, 4) is 0 Å². The summed E-state index contributed by atoms with van der Waals surface area (Å²) in [7, 11) is 0. The summed E-state index contributed by atoms with van der Waals surface area (Å²) in [6, 6.07) is -0.786. The highest BCUT2D eigenvalue weighted by molar-refractivity contribution is 5.20. The van der Waals surface area contributed by atoms with E-state index in [4.69, 9.17) is 0 Å². The van der Waals surface area contributed by atoms with Gasteiger partial charge in [0.15, 0.2) is 0 Å². The summed E-state index contributed by atoms with van der Waals surface area (Å²) in [5.41, 5.74) is 1.65. The Balaban J connectivity index is 2.78. The zero-order valence-corrected chi connectivity index (χ0v) is 13.0. The smallest absolute Gasteiger partial charge is 0.307 e. The first-order valence-electron chi connectivity index (χ1n) is 6.79. The Bertz CT molecular complexity index is 443. The molecular formula is C14H24F3N3. The van der Waals surface area contributed by atoms with Gasteiger partial charge in [-0.15, -0.1) is 0 Å². The van der Waals surface area contributed by atoms with Crippen LogP contribution in [-0.2, 0) is 5.54 Å². The molecule has 1 aromatic heterocycles. The molecule has 0 fully saturated rings. The van der Waals surface area contributed by atoms with Crippen LogP contribution in [0, 0.1) is 6.92 Å². The van der Waals surface area contributed by atoms with Gasteiger partial charge in [0.05, 0.1) is 17.7 Å². The second-order valence-corrected chi connectivity index (χ2v) is 6.39. The zero-order chi connectivity index (χ0) is 15.7. The van der Waals surface area contributed by atoms with E-state index in [9.17, 15) is 13.2 Å². The first-order valence-corrected chi connectivity index (χ1v) is 6.79. The van der Waals surface area contributed by atoms with E-state index in [2.05, 4.69) is 10.4 Å². The van der Waals surface area contributed by atoms with Crippen molar-refractivity contribution in [1.29, 1.82) is 0 Å². The Morgan fingerprint density at radius 2 is 1.80 bits per heavy atom. The van der Waals surface area contributed by atoms with Gasteiger partial charge < -0.3 is 5.32 Å². The average molecular weight is 291 g/mol. The van der Waals surface area contributed by atoms with Crippen molar-refractivity contribution < 1.29 is 13.2 Å². The van der Waals surface area contributed by atoms with Gasteiger partial charge in [-0.3, -0.25) is 4.68 Å². The lowest BCUT2D eigenvalue weighted by Gasteiger charge is -2.21. The SMILES string of the molecule is Cc1nn(C(C)(C)C)cc1[C@H](C)N[C@@H](C)CC(F)(F)F. The molecule has 0 amide bonds. The Morgan fingerprint density at radius 3 is 2.20 bits per heavy atom. The molecule has 0 aromatic carbocycles. The molecule has 0 aliphatic carbocycles. The first kappa shape index (κ1) is 17.0. The molecule has 0 aliphatic rings. The van der Waals surface area contributed by atoms with Crippen LogP contribution in [-0.4, -0.2) is 22.0 Å². The van der Waals surface area contributed by atoms with Gasteiger partial charge >= 0.3 is 6.18 Å². The molecule has 6 heteroatoms. The molecule has 3 nitrogen and oxygen atoms in total. The van der Waals surface area contributed by atoms with E-state index in [1.165, 1.54) is 0 Å². The minimum Gasteiger partial charge on any atom is -0.307 e. The number of aromatic nitrogens is 2. The molecule has 1 aromatic rings. The minimum absolute atomic E-state index is 0.139. The van der Waals surface area contributed by atoms with Crippen LogP contribution in [0.3, 0.4) is 0 Å². The predicted molar refractivity (Wildman–Crippen MR) is 73.6 cm³/mol. The second-order valence-electron chi connectivity index (χ2n) is 6.39. The lowest BCUT2D eigenvalue weighted by atomic mass is 10.1. The highest BCUT2D eigenvalue weighted by atomic mass is 19.4. The molecular weight excluding hydrogens is 267 g/mol. The van der Waals surface area contributed by atoms with E-state index >= 15 is 0 Å². The molecule has 0 saturated heterocycles. The number of halogens is 3. The highest BCUT2D eigenvalue weighted by Gasteiger charge is 2.30. The number of hydrogen-bond donors (Lipinski definition) is 1. The van der Waals surface area contributed by atoms with Gasteiger partial charge in [0.25, 0.3) is 0 Å². The van der Waals surface area contributed by atoms with Crippen LogP contribution in [0.2, 0.25) is 0 Å². The molecule has 0 aliphatic heterocycles. The number of alkyl halides is 3. The molecule has 0 saturated carbocycles. The van der Waals surface area contributed by atoms with Crippen LogP contribution in [0.25, 0.3) is 0 Å².